The number of aromatic amines is 1. The van der Waals surface area contributed by atoms with Crippen molar-refractivity contribution in [3.8, 4) is 17.6 Å². The van der Waals surface area contributed by atoms with Crippen LogP contribution in [-0.2, 0) is 6.54 Å². The highest BCUT2D eigenvalue weighted by molar-refractivity contribution is 6.32. The molecule has 3 rings (SSSR count). The lowest BCUT2D eigenvalue weighted by molar-refractivity contribution is 0.0946. The Labute approximate surface area is 180 Å². The smallest absolute Gasteiger partial charge is 0.273 e. The second-order valence-corrected chi connectivity index (χ2v) is 7.13. The summed E-state index contributed by atoms with van der Waals surface area (Å²) in [6.45, 7) is 1.50. The Bertz CT molecular complexity index is 1140. The van der Waals surface area contributed by atoms with Gasteiger partial charge >= 0.3 is 0 Å². The van der Waals surface area contributed by atoms with Gasteiger partial charge in [0.1, 0.15) is 16.7 Å². The normalized spacial score (nSPS) is 10.5. The highest BCUT2D eigenvalue weighted by Crippen LogP contribution is 2.35. The van der Waals surface area contributed by atoms with Crippen LogP contribution >= 0.6 is 34.8 Å². The maximum Gasteiger partial charge on any atom is 0.273 e. The summed E-state index contributed by atoms with van der Waals surface area (Å²) in [5, 5.41) is 11.9. The van der Waals surface area contributed by atoms with Crippen LogP contribution in [0.5, 0.6) is 11.5 Å². The molecule has 0 spiro atoms. The molecule has 0 aliphatic rings. The molecule has 0 radical (unpaired) electrons. The van der Waals surface area contributed by atoms with Gasteiger partial charge in [0.05, 0.1) is 16.7 Å². The van der Waals surface area contributed by atoms with Crippen LogP contribution in [0.15, 0.2) is 30.3 Å². The fourth-order valence-electron chi connectivity index (χ4n) is 2.48. The Kier molecular flexibility index (Phi) is 6.28. The van der Waals surface area contributed by atoms with Crippen LogP contribution in [0.3, 0.4) is 0 Å². The van der Waals surface area contributed by atoms with Crippen LogP contribution in [-0.4, -0.2) is 15.9 Å². The van der Waals surface area contributed by atoms with Gasteiger partial charge in [0.25, 0.3) is 5.91 Å². The lowest BCUT2D eigenvalue weighted by Gasteiger charge is -2.13. The van der Waals surface area contributed by atoms with E-state index in [2.05, 4.69) is 15.3 Å². The number of aryl methyl sites for hydroxylation is 1. The van der Waals surface area contributed by atoms with Gasteiger partial charge < -0.3 is 15.0 Å². The first-order chi connectivity index (χ1) is 13.8. The number of aromatic nitrogens is 2. The molecule has 0 saturated heterocycles. The molecular formula is C19H12Cl3FN4O2. The van der Waals surface area contributed by atoms with Crippen LogP contribution in [0.25, 0.3) is 0 Å². The first-order valence-corrected chi connectivity index (χ1v) is 9.27. The summed E-state index contributed by atoms with van der Waals surface area (Å²) in [7, 11) is 0. The molecule has 3 aromatic rings. The molecule has 0 fully saturated rings. The van der Waals surface area contributed by atoms with E-state index in [1.807, 2.05) is 6.07 Å². The molecule has 2 aromatic carbocycles. The van der Waals surface area contributed by atoms with Crippen molar-refractivity contribution in [2.24, 2.45) is 0 Å². The van der Waals surface area contributed by atoms with Gasteiger partial charge in [0.15, 0.2) is 17.3 Å². The number of hydrogen-bond acceptors (Lipinski definition) is 4. The number of benzene rings is 2. The number of H-pyrrole nitrogens is 1. The number of nitrogens with one attached hydrogen (secondary N) is 2. The number of carbonyl (C=O) groups excluding carboxylic acids is 1. The van der Waals surface area contributed by atoms with E-state index in [0.717, 1.165) is 0 Å². The largest absolute Gasteiger partial charge is 0.453 e. The maximum absolute atomic E-state index is 14.9. The summed E-state index contributed by atoms with van der Waals surface area (Å²) in [5.41, 5.74) is 0.389. The predicted molar refractivity (Wildman–Crippen MR) is 107 cm³/mol. The Morgan fingerprint density at radius 1 is 1.31 bits per heavy atom. The van der Waals surface area contributed by atoms with Crippen molar-refractivity contribution in [2.45, 2.75) is 13.5 Å². The second-order valence-electron chi connectivity index (χ2n) is 5.91. The highest BCUT2D eigenvalue weighted by atomic mass is 35.5. The van der Waals surface area contributed by atoms with E-state index in [-0.39, 0.29) is 50.1 Å². The van der Waals surface area contributed by atoms with Gasteiger partial charge in [-0.3, -0.25) is 4.79 Å². The Morgan fingerprint density at radius 3 is 2.72 bits per heavy atom. The van der Waals surface area contributed by atoms with Crippen LogP contribution in [0.1, 0.15) is 27.4 Å². The van der Waals surface area contributed by atoms with E-state index in [1.165, 1.54) is 30.3 Å². The fraction of sp³-hybridized carbons (Fsp3) is 0.105. The average Bonchev–Trinajstić information content (AvgIpc) is 3.02. The van der Waals surface area contributed by atoms with E-state index < -0.39 is 11.7 Å². The zero-order chi connectivity index (χ0) is 21.1. The Balaban J connectivity index is 1.82. The average molecular weight is 454 g/mol. The minimum atomic E-state index is -0.763. The number of nitriles is 1. The summed E-state index contributed by atoms with van der Waals surface area (Å²) >= 11 is 17.9. The zero-order valence-corrected chi connectivity index (χ0v) is 17.1. The minimum absolute atomic E-state index is 0.0120. The number of hydrogen-bond donors (Lipinski definition) is 2. The van der Waals surface area contributed by atoms with E-state index >= 15 is 0 Å². The number of ether oxygens (including phenoxy) is 1. The van der Waals surface area contributed by atoms with Crippen molar-refractivity contribution in [2.75, 3.05) is 0 Å². The number of rotatable bonds is 5. The van der Waals surface area contributed by atoms with Crippen molar-refractivity contribution in [1.82, 2.24) is 15.3 Å². The monoisotopic (exact) mass is 452 g/mol. The SMILES string of the molecule is Cc1nc(C(=O)NCc2ccc(Cl)c(Oc3cc(Cl)cc(C#N)c3)c2F)c(Cl)[nH]1. The molecule has 0 aliphatic heterocycles. The summed E-state index contributed by atoms with van der Waals surface area (Å²) in [6.07, 6.45) is 0. The van der Waals surface area contributed by atoms with Gasteiger partial charge in [0, 0.05) is 17.1 Å². The van der Waals surface area contributed by atoms with Gasteiger partial charge in [-0.2, -0.15) is 5.26 Å². The first-order valence-electron chi connectivity index (χ1n) is 8.14. The fourth-order valence-corrected chi connectivity index (χ4v) is 3.15. The van der Waals surface area contributed by atoms with Gasteiger partial charge in [-0.25, -0.2) is 9.37 Å². The lowest BCUT2D eigenvalue weighted by atomic mass is 10.2. The van der Waals surface area contributed by atoms with Crippen molar-refractivity contribution in [3.63, 3.8) is 0 Å². The third-order valence-corrected chi connectivity index (χ3v) is 4.57. The molecule has 10 heteroatoms. The molecule has 1 heterocycles. The third-order valence-electron chi connectivity index (χ3n) is 3.78. The number of carbonyl (C=O) groups is 1. The molecule has 6 nitrogen and oxygen atoms in total. The van der Waals surface area contributed by atoms with E-state index in [1.54, 1.807) is 6.92 Å². The molecule has 29 heavy (non-hydrogen) atoms. The van der Waals surface area contributed by atoms with E-state index in [0.29, 0.717) is 5.82 Å². The molecule has 0 saturated carbocycles. The summed E-state index contributed by atoms with van der Waals surface area (Å²) in [6, 6.07) is 9.05. The Morgan fingerprint density at radius 2 is 2.07 bits per heavy atom. The molecule has 0 aliphatic carbocycles. The highest BCUT2D eigenvalue weighted by Gasteiger charge is 2.18. The lowest BCUT2D eigenvalue weighted by Crippen LogP contribution is -2.24. The van der Waals surface area contributed by atoms with Gasteiger partial charge in [-0.15, -0.1) is 0 Å². The van der Waals surface area contributed by atoms with E-state index in [9.17, 15) is 9.18 Å². The van der Waals surface area contributed by atoms with Gasteiger partial charge in [-0.05, 0) is 31.2 Å². The van der Waals surface area contributed by atoms with E-state index in [4.69, 9.17) is 44.8 Å². The van der Waals surface area contributed by atoms with Crippen LogP contribution in [0.2, 0.25) is 15.2 Å². The van der Waals surface area contributed by atoms with Crippen LogP contribution in [0, 0.1) is 24.1 Å². The third kappa shape index (κ3) is 4.80. The molecule has 0 bridgehead atoms. The topological polar surface area (TPSA) is 90.8 Å². The van der Waals surface area contributed by atoms with Crippen molar-refractivity contribution in [3.05, 3.63) is 74.0 Å². The maximum atomic E-state index is 14.9. The molecular weight excluding hydrogens is 442 g/mol. The molecule has 1 amide bonds. The molecule has 0 unspecified atom stereocenters. The van der Waals surface area contributed by atoms with Gasteiger partial charge in [0.2, 0.25) is 0 Å². The quantitative estimate of drug-likeness (QED) is 0.540. The molecule has 1 aromatic heterocycles. The summed E-state index contributed by atoms with van der Waals surface area (Å²) < 4.78 is 20.5. The number of halogens is 4. The number of imidazole rings is 1. The summed E-state index contributed by atoms with van der Waals surface area (Å²) in [4.78, 5) is 18.9. The molecule has 148 valence electrons. The standard InChI is InChI=1S/C19H12Cl3FN4O2/c1-9-26-16(18(22)27-9)19(28)25-8-11-2-3-14(21)17(15(11)23)29-13-5-10(7-24)4-12(20)6-13/h2-6H,8H2,1H3,(H,25,28)(H,26,27). The van der Waals surface area contributed by atoms with Crippen LogP contribution < -0.4 is 10.1 Å². The Hall–Kier alpha value is -2.79. The van der Waals surface area contributed by atoms with Crippen LogP contribution in [0.4, 0.5) is 4.39 Å². The second kappa shape index (κ2) is 8.70. The van der Waals surface area contributed by atoms with Crippen molar-refractivity contribution in [1.29, 1.82) is 5.26 Å². The summed E-state index contributed by atoms with van der Waals surface area (Å²) in [5.74, 6) is -0.954. The molecule has 2 N–H and O–H groups in total. The first kappa shape index (κ1) is 20.9. The van der Waals surface area contributed by atoms with Crippen molar-refractivity contribution >= 4 is 40.7 Å². The van der Waals surface area contributed by atoms with Gasteiger partial charge in [-0.1, -0.05) is 40.9 Å². The predicted octanol–water partition coefficient (Wildman–Crippen LogP) is 5.41. The number of nitrogens with zero attached hydrogens (tertiary/aromatic N) is 2. The van der Waals surface area contributed by atoms with Crippen molar-refractivity contribution < 1.29 is 13.9 Å². The molecule has 0 atom stereocenters. The zero-order valence-electron chi connectivity index (χ0n) is 14.8. The number of amides is 1. The minimum Gasteiger partial charge on any atom is -0.453 e.